The standard InChI is InChI=1S/C17H17F2N3O3/c1-22(2)13-5-3-4-12(10-13)16(24)21-20-15(23)11-6-8-14(9-7-11)25-17(18)19/h3-10,17H,1-2H3,(H,20,23)(H,21,24). The number of hydrogen-bond donors (Lipinski definition) is 2. The van der Waals surface area contributed by atoms with Crippen molar-refractivity contribution in [1.82, 2.24) is 10.9 Å². The van der Waals surface area contributed by atoms with Gasteiger partial charge in [0.1, 0.15) is 5.75 Å². The number of carbonyl (C=O) groups is 2. The number of amides is 2. The summed E-state index contributed by atoms with van der Waals surface area (Å²) >= 11 is 0. The van der Waals surface area contributed by atoms with Crippen LogP contribution < -0.4 is 20.5 Å². The summed E-state index contributed by atoms with van der Waals surface area (Å²) < 4.78 is 28.4. The number of rotatable bonds is 5. The van der Waals surface area contributed by atoms with Gasteiger partial charge in [-0.25, -0.2) is 0 Å². The van der Waals surface area contributed by atoms with E-state index < -0.39 is 18.4 Å². The van der Waals surface area contributed by atoms with Crippen molar-refractivity contribution in [2.75, 3.05) is 19.0 Å². The van der Waals surface area contributed by atoms with Crippen LogP contribution in [-0.2, 0) is 0 Å². The summed E-state index contributed by atoms with van der Waals surface area (Å²) in [4.78, 5) is 25.9. The van der Waals surface area contributed by atoms with Crippen LogP contribution in [0.3, 0.4) is 0 Å². The number of benzene rings is 2. The molecule has 0 unspecified atom stereocenters. The minimum atomic E-state index is -2.93. The molecule has 0 atom stereocenters. The fourth-order valence-electron chi connectivity index (χ4n) is 1.97. The van der Waals surface area contributed by atoms with Crippen LogP contribution in [0.25, 0.3) is 0 Å². The Balaban J connectivity index is 1.95. The van der Waals surface area contributed by atoms with Crippen molar-refractivity contribution < 1.29 is 23.1 Å². The van der Waals surface area contributed by atoms with E-state index in [1.165, 1.54) is 24.3 Å². The highest BCUT2D eigenvalue weighted by Crippen LogP contribution is 2.15. The van der Waals surface area contributed by atoms with E-state index in [0.29, 0.717) is 5.56 Å². The van der Waals surface area contributed by atoms with Crippen LogP contribution in [0.5, 0.6) is 5.75 Å². The zero-order chi connectivity index (χ0) is 18.4. The summed E-state index contributed by atoms with van der Waals surface area (Å²) in [6.07, 6.45) is 0. The summed E-state index contributed by atoms with van der Waals surface area (Å²) in [5.74, 6) is -1.12. The van der Waals surface area contributed by atoms with Gasteiger partial charge in [-0.15, -0.1) is 0 Å². The van der Waals surface area contributed by atoms with E-state index >= 15 is 0 Å². The number of ether oxygens (including phenoxy) is 1. The molecule has 0 aliphatic rings. The highest BCUT2D eigenvalue weighted by Gasteiger charge is 2.11. The molecule has 0 aliphatic carbocycles. The molecule has 6 nitrogen and oxygen atoms in total. The molecule has 0 radical (unpaired) electrons. The van der Waals surface area contributed by atoms with Crippen LogP contribution in [0.1, 0.15) is 20.7 Å². The van der Waals surface area contributed by atoms with Crippen LogP contribution >= 0.6 is 0 Å². The van der Waals surface area contributed by atoms with Gasteiger partial charge in [0.05, 0.1) is 0 Å². The molecule has 0 fully saturated rings. The number of nitrogens with one attached hydrogen (secondary N) is 2. The van der Waals surface area contributed by atoms with Gasteiger partial charge in [0.2, 0.25) is 0 Å². The molecule has 2 amide bonds. The Morgan fingerprint density at radius 1 is 0.960 bits per heavy atom. The van der Waals surface area contributed by atoms with E-state index in [1.807, 2.05) is 25.1 Å². The molecule has 0 aliphatic heterocycles. The van der Waals surface area contributed by atoms with Gasteiger partial charge in [0, 0.05) is 30.9 Å². The Bertz CT molecular complexity index is 749. The molecule has 132 valence electrons. The fourth-order valence-corrected chi connectivity index (χ4v) is 1.97. The van der Waals surface area contributed by atoms with Crippen molar-refractivity contribution in [2.24, 2.45) is 0 Å². The normalized spacial score (nSPS) is 10.3. The molecule has 0 spiro atoms. The number of nitrogens with zero attached hydrogens (tertiary/aromatic N) is 1. The van der Waals surface area contributed by atoms with Crippen molar-refractivity contribution in [2.45, 2.75) is 6.61 Å². The van der Waals surface area contributed by atoms with Gasteiger partial charge in [-0.1, -0.05) is 6.07 Å². The number of hydrogen-bond acceptors (Lipinski definition) is 4. The third-order valence-corrected chi connectivity index (χ3v) is 3.26. The van der Waals surface area contributed by atoms with Crippen molar-refractivity contribution in [3.8, 4) is 5.75 Å². The van der Waals surface area contributed by atoms with Gasteiger partial charge in [0.25, 0.3) is 11.8 Å². The Morgan fingerprint density at radius 3 is 2.12 bits per heavy atom. The zero-order valence-electron chi connectivity index (χ0n) is 13.6. The largest absolute Gasteiger partial charge is 0.435 e. The van der Waals surface area contributed by atoms with E-state index in [-0.39, 0.29) is 11.3 Å². The molecule has 0 heterocycles. The van der Waals surface area contributed by atoms with Crippen LogP contribution in [0.15, 0.2) is 48.5 Å². The zero-order valence-corrected chi connectivity index (χ0v) is 13.6. The maximum absolute atomic E-state index is 12.1. The summed E-state index contributed by atoms with van der Waals surface area (Å²) in [5.41, 5.74) is 5.97. The van der Waals surface area contributed by atoms with E-state index in [4.69, 9.17) is 0 Å². The minimum Gasteiger partial charge on any atom is -0.435 e. The lowest BCUT2D eigenvalue weighted by Gasteiger charge is -2.13. The van der Waals surface area contributed by atoms with E-state index in [9.17, 15) is 18.4 Å². The van der Waals surface area contributed by atoms with Crippen molar-refractivity contribution in [1.29, 1.82) is 0 Å². The number of halogens is 2. The highest BCUT2D eigenvalue weighted by atomic mass is 19.3. The maximum Gasteiger partial charge on any atom is 0.387 e. The first-order valence-electron chi connectivity index (χ1n) is 7.30. The molecule has 8 heteroatoms. The topological polar surface area (TPSA) is 70.7 Å². The first-order valence-corrected chi connectivity index (χ1v) is 7.30. The first kappa shape index (κ1) is 18.2. The van der Waals surface area contributed by atoms with Crippen LogP contribution in [-0.4, -0.2) is 32.5 Å². The Labute approximate surface area is 143 Å². The summed E-state index contributed by atoms with van der Waals surface area (Å²) in [5, 5.41) is 0. The van der Waals surface area contributed by atoms with Gasteiger partial charge < -0.3 is 9.64 Å². The molecule has 0 bridgehead atoms. The summed E-state index contributed by atoms with van der Waals surface area (Å²) in [6.45, 7) is -2.93. The summed E-state index contributed by atoms with van der Waals surface area (Å²) in [6, 6.07) is 12.0. The van der Waals surface area contributed by atoms with E-state index in [1.54, 1.807) is 18.2 Å². The fraction of sp³-hybridized carbons (Fsp3) is 0.176. The lowest BCUT2D eigenvalue weighted by Crippen LogP contribution is -2.41. The Kier molecular flexibility index (Phi) is 5.89. The number of alkyl halides is 2. The molecule has 2 aromatic rings. The lowest BCUT2D eigenvalue weighted by molar-refractivity contribution is -0.0498. The first-order chi connectivity index (χ1) is 11.9. The minimum absolute atomic E-state index is 0.0592. The van der Waals surface area contributed by atoms with Crippen molar-refractivity contribution in [3.63, 3.8) is 0 Å². The molecule has 0 saturated carbocycles. The maximum atomic E-state index is 12.1. The quantitative estimate of drug-likeness (QED) is 0.814. The molecule has 2 rings (SSSR count). The third kappa shape index (κ3) is 5.17. The molecule has 0 saturated heterocycles. The van der Waals surface area contributed by atoms with E-state index in [2.05, 4.69) is 15.6 Å². The van der Waals surface area contributed by atoms with Crippen molar-refractivity contribution in [3.05, 3.63) is 59.7 Å². The van der Waals surface area contributed by atoms with Crippen molar-refractivity contribution >= 4 is 17.5 Å². The molecular formula is C17H17F2N3O3. The van der Waals surface area contributed by atoms with Gasteiger partial charge in [-0.2, -0.15) is 8.78 Å². The predicted octanol–water partition coefficient (Wildman–Crippen LogP) is 2.43. The second-order valence-electron chi connectivity index (χ2n) is 5.26. The molecule has 25 heavy (non-hydrogen) atoms. The average Bonchev–Trinajstić information content (AvgIpc) is 2.59. The highest BCUT2D eigenvalue weighted by molar-refractivity contribution is 5.99. The second-order valence-corrected chi connectivity index (χ2v) is 5.26. The molecule has 2 aromatic carbocycles. The van der Waals surface area contributed by atoms with Crippen LogP contribution in [0.4, 0.5) is 14.5 Å². The lowest BCUT2D eigenvalue weighted by atomic mass is 10.2. The smallest absolute Gasteiger partial charge is 0.387 e. The third-order valence-electron chi connectivity index (χ3n) is 3.26. The van der Waals surface area contributed by atoms with Gasteiger partial charge in [-0.05, 0) is 42.5 Å². The van der Waals surface area contributed by atoms with Gasteiger partial charge in [0.15, 0.2) is 0 Å². The number of hydrazine groups is 1. The monoisotopic (exact) mass is 349 g/mol. The molecular weight excluding hydrogens is 332 g/mol. The average molecular weight is 349 g/mol. The second kappa shape index (κ2) is 8.09. The molecule has 0 aromatic heterocycles. The van der Waals surface area contributed by atoms with Crippen LogP contribution in [0.2, 0.25) is 0 Å². The van der Waals surface area contributed by atoms with E-state index in [0.717, 1.165) is 5.69 Å². The Hall–Kier alpha value is -3.16. The predicted molar refractivity (Wildman–Crippen MR) is 88.8 cm³/mol. The molecule has 2 N–H and O–H groups in total. The van der Waals surface area contributed by atoms with Crippen LogP contribution in [0, 0.1) is 0 Å². The van der Waals surface area contributed by atoms with Gasteiger partial charge >= 0.3 is 6.61 Å². The number of carbonyl (C=O) groups excluding carboxylic acids is 2. The SMILES string of the molecule is CN(C)c1cccc(C(=O)NNC(=O)c2ccc(OC(F)F)cc2)c1. The Morgan fingerprint density at radius 2 is 1.56 bits per heavy atom. The number of anilines is 1. The summed E-state index contributed by atoms with van der Waals surface area (Å²) in [7, 11) is 3.69. The van der Waals surface area contributed by atoms with Gasteiger partial charge in [-0.3, -0.25) is 20.4 Å².